The van der Waals surface area contributed by atoms with Gasteiger partial charge in [-0.3, -0.25) is 0 Å². The van der Waals surface area contributed by atoms with Crippen LogP contribution in [0.25, 0.3) is 0 Å². The van der Waals surface area contributed by atoms with E-state index in [1.54, 1.807) is 37.6 Å². The average molecular weight is 232 g/mol. The van der Waals surface area contributed by atoms with Crippen molar-refractivity contribution in [1.29, 1.82) is 0 Å². The first-order valence-corrected chi connectivity index (χ1v) is 6.16. The van der Waals surface area contributed by atoms with E-state index in [4.69, 9.17) is 13.3 Å². The lowest BCUT2D eigenvalue weighted by Crippen LogP contribution is -2.17. The van der Waals surface area contributed by atoms with Crippen molar-refractivity contribution in [2.45, 2.75) is 0 Å². The van der Waals surface area contributed by atoms with E-state index in [0.29, 0.717) is 0 Å². The molecule has 3 rings (SSSR count). The third-order valence-electron chi connectivity index (χ3n) is 2.29. The van der Waals surface area contributed by atoms with E-state index >= 15 is 0 Å². The maximum absolute atomic E-state index is 5.15. The fourth-order valence-corrected chi connectivity index (χ4v) is 3.62. The summed E-state index contributed by atoms with van der Waals surface area (Å²) >= 11 is 0. The molecule has 0 N–H and O–H groups in total. The topological polar surface area (TPSA) is 39.4 Å². The van der Waals surface area contributed by atoms with Crippen LogP contribution in [0.4, 0.5) is 0 Å². The van der Waals surface area contributed by atoms with E-state index in [1.807, 2.05) is 18.2 Å². The normalized spacial score (nSPS) is 11.1. The van der Waals surface area contributed by atoms with Crippen LogP contribution < -0.4 is 15.9 Å². The Morgan fingerprint density at radius 3 is 1.25 bits per heavy atom. The third-order valence-corrected chi connectivity index (χ3v) is 4.61. The van der Waals surface area contributed by atoms with Crippen molar-refractivity contribution < 1.29 is 13.3 Å². The van der Waals surface area contributed by atoms with Gasteiger partial charge in [0.05, 0.1) is 37.6 Å². The van der Waals surface area contributed by atoms with E-state index in [-0.39, 0.29) is 0 Å². The summed E-state index contributed by atoms with van der Waals surface area (Å²) in [5, 5.41) is 3.45. The van der Waals surface area contributed by atoms with E-state index in [1.165, 1.54) is 0 Å². The molecule has 0 spiro atoms. The van der Waals surface area contributed by atoms with E-state index in [9.17, 15) is 0 Å². The summed E-state index contributed by atoms with van der Waals surface area (Å²) in [6, 6.07) is 5.93. The summed E-state index contributed by atoms with van der Waals surface area (Å²) in [4.78, 5) is 0. The van der Waals surface area contributed by atoms with Crippen molar-refractivity contribution in [3.05, 3.63) is 55.8 Å². The molecule has 0 saturated carbocycles. The Hall–Kier alpha value is -1.73. The highest BCUT2D eigenvalue weighted by atomic mass is 31.1. The molecule has 4 heteroatoms. The molecule has 3 aromatic heterocycles. The second-order valence-corrected chi connectivity index (χ2v) is 5.50. The zero-order chi connectivity index (χ0) is 10.8. The molecular weight excluding hydrogens is 223 g/mol. The smallest absolute Gasteiger partial charge is 0.0985 e. The highest BCUT2D eigenvalue weighted by molar-refractivity contribution is 7.79. The van der Waals surface area contributed by atoms with Crippen LogP contribution in [0, 0.1) is 0 Å². The second-order valence-electron chi connectivity index (χ2n) is 3.28. The first-order valence-electron chi connectivity index (χ1n) is 4.82. The van der Waals surface area contributed by atoms with Gasteiger partial charge in [-0.1, -0.05) is 0 Å². The van der Waals surface area contributed by atoms with Gasteiger partial charge in [0.25, 0.3) is 0 Å². The third kappa shape index (κ3) is 1.59. The van der Waals surface area contributed by atoms with Crippen LogP contribution in [0.3, 0.4) is 0 Å². The van der Waals surface area contributed by atoms with Gasteiger partial charge in [0.15, 0.2) is 0 Å². The second kappa shape index (κ2) is 4.03. The molecule has 0 aliphatic carbocycles. The summed E-state index contributed by atoms with van der Waals surface area (Å²) in [5.41, 5.74) is 0. The van der Waals surface area contributed by atoms with Crippen LogP contribution in [0.15, 0.2) is 69.0 Å². The maximum atomic E-state index is 5.15. The van der Waals surface area contributed by atoms with Crippen molar-refractivity contribution in [3.63, 3.8) is 0 Å². The minimum atomic E-state index is -0.616. The summed E-state index contributed by atoms with van der Waals surface area (Å²) in [6.45, 7) is 0. The van der Waals surface area contributed by atoms with Gasteiger partial charge in [-0.25, -0.2) is 0 Å². The first kappa shape index (κ1) is 9.49. The number of hydrogen-bond acceptors (Lipinski definition) is 3. The molecule has 0 saturated heterocycles. The molecule has 0 bridgehead atoms. The van der Waals surface area contributed by atoms with Gasteiger partial charge in [0, 0.05) is 15.9 Å². The quantitative estimate of drug-likeness (QED) is 0.650. The SMILES string of the molecule is c1cc(P(c2ccoc2)c2ccoc2)co1. The number of rotatable bonds is 3. The molecule has 0 radical (unpaired) electrons. The molecule has 0 fully saturated rings. The molecule has 3 aromatic rings. The lowest BCUT2D eigenvalue weighted by Gasteiger charge is -2.10. The van der Waals surface area contributed by atoms with Gasteiger partial charge in [-0.05, 0) is 26.1 Å². The minimum absolute atomic E-state index is 0.616. The van der Waals surface area contributed by atoms with Crippen molar-refractivity contribution in [3.8, 4) is 0 Å². The highest BCUT2D eigenvalue weighted by Gasteiger charge is 2.19. The summed E-state index contributed by atoms with van der Waals surface area (Å²) < 4.78 is 15.4. The average Bonchev–Trinajstić information content (AvgIpc) is 3.02. The fourth-order valence-electron chi connectivity index (χ4n) is 1.60. The Kier molecular flexibility index (Phi) is 2.39. The van der Waals surface area contributed by atoms with Gasteiger partial charge >= 0.3 is 0 Å². The molecular formula is C12H9O3P. The molecule has 80 valence electrons. The Labute approximate surface area is 93.4 Å². The molecule has 0 aliphatic rings. The molecule has 3 nitrogen and oxygen atoms in total. The Balaban J connectivity index is 2.09. The molecule has 0 unspecified atom stereocenters. The van der Waals surface area contributed by atoms with Gasteiger partial charge in [0.2, 0.25) is 0 Å². The monoisotopic (exact) mass is 232 g/mol. The Bertz CT molecular complexity index is 441. The van der Waals surface area contributed by atoms with Crippen molar-refractivity contribution in [1.82, 2.24) is 0 Å². The predicted molar refractivity (Wildman–Crippen MR) is 61.9 cm³/mol. The zero-order valence-corrected chi connectivity index (χ0v) is 9.26. The number of hydrogen-bond donors (Lipinski definition) is 0. The fraction of sp³-hybridized carbons (Fsp3) is 0. The van der Waals surface area contributed by atoms with Gasteiger partial charge < -0.3 is 13.3 Å². The molecule has 0 atom stereocenters. The van der Waals surface area contributed by atoms with Crippen LogP contribution in [0.1, 0.15) is 0 Å². The van der Waals surface area contributed by atoms with Crippen LogP contribution >= 0.6 is 7.92 Å². The molecule has 0 aromatic carbocycles. The molecule has 0 aliphatic heterocycles. The standard InChI is InChI=1S/C12H9O3P/c1-4-13-7-10(1)16(11-2-5-14-8-11)12-3-6-15-9-12/h1-9H. The van der Waals surface area contributed by atoms with Crippen LogP contribution in [-0.2, 0) is 0 Å². The van der Waals surface area contributed by atoms with Crippen LogP contribution in [0.5, 0.6) is 0 Å². The number of furan rings is 3. The first-order chi connectivity index (χ1) is 7.95. The van der Waals surface area contributed by atoms with Crippen molar-refractivity contribution in [2.24, 2.45) is 0 Å². The Morgan fingerprint density at radius 1 is 0.625 bits per heavy atom. The van der Waals surface area contributed by atoms with Crippen LogP contribution in [-0.4, -0.2) is 0 Å². The van der Waals surface area contributed by atoms with Gasteiger partial charge in [0.1, 0.15) is 0 Å². The summed E-state index contributed by atoms with van der Waals surface area (Å²) in [5.74, 6) is 0. The predicted octanol–water partition coefficient (Wildman–Crippen LogP) is 2.22. The van der Waals surface area contributed by atoms with E-state index < -0.39 is 7.92 Å². The van der Waals surface area contributed by atoms with E-state index in [0.717, 1.165) is 15.9 Å². The zero-order valence-electron chi connectivity index (χ0n) is 8.37. The largest absolute Gasteiger partial charge is 0.472 e. The summed E-state index contributed by atoms with van der Waals surface area (Å²) in [7, 11) is -0.616. The lowest BCUT2D eigenvalue weighted by molar-refractivity contribution is 0.568. The van der Waals surface area contributed by atoms with Crippen LogP contribution in [0.2, 0.25) is 0 Å². The molecule has 16 heavy (non-hydrogen) atoms. The lowest BCUT2D eigenvalue weighted by atomic mass is 10.6. The summed E-state index contributed by atoms with van der Waals surface area (Å²) in [6.07, 6.45) is 10.4. The Morgan fingerprint density at radius 2 is 1.00 bits per heavy atom. The van der Waals surface area contributed by atoms with Crippen molar-refractivity contribution >= 4 is 23.8 Å². The molecule has 3 heterocycles. The van der Waals surface area contributed by atoms with Gasteiger partial charge in [-0.2, -0.15) is 0 Å². The van der Waals surface area contributed by atoms with Gasteiger partial charge in [-0.15, -0.1) is 0 Å². The minimum Gasteiger partial charge on any atom is -0.472 e. The maximum Gasteiger partial charge on any atom is 0.0985 e. The van der Waals surface area contributed by atoms with E-state index in [2.05, 4.69) is 0 Å². The highest BCUT2D eigenvalue weighted by Crippen LogP contribution is 2.32. The molecule has 0 amide bonds. The van der Waals surface area contributed by atoms with Crippen molar-refractivity contribution in [2.75, 3.05) is 0 Å².